The second kappa shape index (κ2) is 9.14. The minimum absolute atomic E-state index is 0.136. The molecule has 3 N–H and O–H groups in total. The molecule has 0 heterocycles. The van der Waals surface area contributed by atoms with Crippen molar-refractivity contribution >= 4 is 11.9 Å². The van der Waals surface area contributed by atoms with Gasteiger partial charge in [-0.1, -0.05) is 19.3 Å². The second-order valence-electron chi connectivity index (χ2n) is 7.45. The van der Waals surface area contributed by atoms with Crippen LogP contribution in [0.15, 0.2) is 4.99 Å². The summed E-state index contributed by atoms with van der Waals surface area (Å²) < 4.78 is 0. The van der Waals surface area contributed by atoms with Crippen LogP contribution in [0.1, 0.15) is 65.2 Å². The normalized spacial score (nSPS) is 25.3. The Morgan fingerprint density at radius 3 is 2.65 bits per heavy atom. The maximum atomic E-state index is 12.2. The Hall–Kier alpha value is -1.26. The lowest BCUT2D eigenvalue weighted by Crippen LogP contribution is -2.47. The minimum atomic E-state index is 0.136. The molecule has 2 aliphatic rings. The van der Waals surface area contributed by atoms with Crippen LogP contribution >= 0.6 is 0 Å². The number of rotatable bonds is 7. The maximum absolute atomic E-state index is 12.2. The zero-order valence-corrected chi connectivity index (χ0v) is 15.0. The first-order valence-electron chi connectivity index (χ1n) is 9.36. The van der Waals surface area contributed by atoms with Crippen LogP contribution in [-0.4, -0.2) is 37.5 Å². The van der Waals surface area contributed by atoms with Crippen molar-refractivity contribution in [2.24, 2.45) is 16.8 Å². The van der Waals surface area contributed by atoms with Gasteiger partial charge in [-0.05, 0) is 51.9 Å². The van der Waals surface area contributed by atoms with Gasteiger partial charge in [0.05, 0.1) is 0 Å². The minimum Gasteiger partial charge on any atom is -0.356 e. The Balaban J connectivity index is 1.70. The summed E-state index contributed by atoms with van der Waals surface area (Å²) in [6.45, 7) is 5.02. The van der Waals surface area contributed by atoms with Crippen LogP contribution in [0.3, 0.4) is 0 Å². The number of hydrogen-bond donors (Lipinski definition) is 3. The molecule has 2 aliphatic carbocycles. The molecule has 2 saturated carbocycles. The van der Waals surface area contributed by atoms with Crippen LogP contribution in [0, 0.1) is 11.8 Å². The fourth-order valence-corrected chi connectivity index (χ4v) is 3.35. The smallest absolute Gasteiger partial charge is 0.223 e. The second-order valence-corrected chi connectivity index (χ2v) is 7.45. The van der Waals surface area contributed by atoms with E-state index in [-0.39, 0.29) is 17.9 Å². The van der Waals surface area contributed by atoms with Gasteiger partial charge in [0.1, 0.15) is 0 Å². The molecule has 0 aliphatic heterocycles. The summed E-state index contributed by atoms with van der Waals surface area (Å²) in [6, 6.07) is 0.568. The SMILES string of the molecule is CN=C(NCCCC1CC1)NC1CCCC(C(=O)NC(C)C)C1. The molecule has 0 aromatic heterocycles. The Kier molecular flexibility index (Phi) is 7.18. The van der Waals surface area contributed by atoms with E-state index in [4.69, 9.17) is 0 Å². The van der Waals surface area contributed by atoms with E-state index < -0.39 is 0 Å². The van der Waals surface area contributed by atoms with Crippen molar-refractivity contribution in [3.8, 4) is 0 Å². The zero-order valence-electron chi connectivity index (χ0n) is 15.0. The highest BCUT2D eigenvalue weighted by Gasteiger charge is 2.28. The number of nitrogens with one attached hydrogen (secondary N) is 3. The van der Waals surface area contributed by atoms with Crippen LogP contribution in [0.25, 0.3) is 0 Å². The van der Waals surface area contributed by atoms with Gasteiger partial charge in [0.15, 0.2) is 5.96 Å². The Labute approximate surface area is 141 Å². The number of aliphatic imine (C=N–C) groups is 1. The molecule has 2 unspecified atom stereocenters. The van der Waals surface area contributed by atoms with E-state index in [1.54, 1.807) is 0 Å². The van der Waals surface area contributed by atoms with Gasteiger partial charge in [-0.3, -0.25) is 9.79 Å². The van der Waals surface area contributed by atoms with Gasteiger partial charge in [-0.2, -0.15) is 0 Å². The van der Waals surface area contributed by atoms with E-state index in [0.29, 0.717) is 6.04 Å². The molecule has 2 fully saturated rings. The van der Waals surface area contributed by atoms with E-state index >= 15 is 0 Å². The molecule has 1 amide bonds. The van der Waals surface area contributed by atoms with E-state index in [1.165, 1.54) is 25.7 Å². The van der Waals surface area contributed by atoms with Gasteiger partial charge in [0, 0.05) is 31.6 Å². The average molecular weight is 322 g/mol. The van der Waals surface area contributed by atoms with Gasteiger partial charge in [-0.25, -0.2) is 0 Å². The Morgan fingerprint density at radius 1 is 1.22 bits per heavy atom. The number of guanidine groups is 1. The fourth-order valence-electron chi connectivity index (χ4n) is 3.35. The molecular formula is C18H34N4O. The van der Waals surface area contributed by atoms with Crippen LogP contribution in [0.2, 0.25) is 0 Å². The van der Waals surface area contributed by atoms with Gasteiger partial charge in [-0.15, -0.1) is 0 Å². The highest BCUT2D eigenvalue weighted by atomic mass is 16.1. The van der Waals surface area contributed by atoms with Crippen molar-refractivity contribution in [3.63, 3.8) is 0 Å². The van der Waals surface area contributed by atoms with Gasteiger partial charge >= 0.3 is 0 Å². The first-order valence-corrected chi connectivity index (χ1v) is 9.36. The number of hydrogen-bond acceptors (Lipinski definition) is 2. The first-order chi connectivity index (χ1) is 11.1. The predicted octanol–water partition coefficient (Wildman–Crippen LogP) is 2.42. The zero-order chi connectivity index (χ0) is 16.7. The highest BCUT2D eigenvalue weighted by molar-refractivity contribution is 5.81. The standard InChI is InChI=1S/C18H34N4O/c1-13(2)21-17(23)15-7-4-8-16(12-15)22-18(19-3)20-11-5-6-14-9-10-14/h13-16H,4-12H2,1-3H3,(H,21,23)(H2,19,20,22). The van der Waals surface area contributed by atoms with Crippen molar-refractivity contribution in [3.05, 3.63) is 0 Å². The third-order valence-corrected chi connectivity index (χ3v) is 4.82. The molecule has 2 atom stereocenters. The molecule has 0 aromatic rings. The molecule has 2 rings (SSSR count). The molecule has 0 bridgehead atoms. The molecule has 5 nitrogen and oxygen atoms in total. The van der Waals surface area contributed by atoms with Gasteiger partial charge in [0.25, 0.3) is 0 Å². The Morgan fingerprint density at radius 2 is 2.00 bits per heavy atom. The van der Waals surface area contributed by atoms with Crippen molar-refractivity contribution in [2.75, 3.05) is 13.6 Å². The molecule has 132 valence electrons. The van der Waals surface area contributed by atoms with E-state index in [1.807, 2.05) is 20.9 Å². The predicted molar refractivity (Wildman–Crippen MR) is 95.5 cm³/mol. The number of carbonyl (C=O) groups excluding carboxylic acids is 1. The van der Waals surface area contributed by atoms with E-state index in [9.17, 15) is 4.79 Å². The van der Waals surface area contributed by atoms with Crippen LogP contribution in [-0.2, 0) is 4.79 Å². The van der Waals surface area contributed by atoms with Crippen molar-refractivity contribution in [2.45, 2.75) is 77.3 Å². The number of nitrogens with zero attached hydrogens (tertiary/aromatic N) is 1. The van der Waals surface area contributed by atoms with Crippen LogP contribution in [0.5, 0.6) is 0 Å². The maximum Gasteiger partial charge on any atom is 0.223 e. The highest BCUT2D eigenvalue weighted by Crippen LogP contribution is 2.33. The fraction of sp³-hybridized carbons (Fsp3) is 0.889. The first kappa shape index (κ1) is 18.1. The topological polar surface area (TPSA) is 65.5 Å². The van der Waals surface area contributed by atoms with Gasteiger partial charge < -0.3 is 16.0 Å². The summed E-state index contributed by atoms with van der Waals surface area (Å²) in [5, 5.41) is 9.97. The van der Waals surface area contributed by atoms with E-state index in [2.05, 4.69) is 20.9 Å². The summed E-state index contributed by atoms with van der Waals surface area (Å²) in [5.41, 5.74) is 0. The molecule has 0 aromatic carbocycles. The van der Waals surface area contributed by atoms with Crippen LogP contribution in [0.4, 0.5) is 0 Å². The summed E-state index contributed by atoms with van der Waals surface area (Å²) in [4.78, 5) is 16.5. The molecule has 0 saturated heterocycles. The summed E-state index contributed by atoms with van der Waals surface area (Å²) >= 11 is 0. The van der Waals surface area contributed by atoms with Crippen molar-refractivity contribution < 1.29 is 4.79 Å². The number of carbonyl (C=O) groups is 1. The van der Waals surface area contributed by atoms with Gasteiger partial charge in [0.2, 0.25) is 5.91 Å². The lowest BCUT2D eigenvalue weighted by atomic mass is 9.85. The lowest BCUT2D eigenvalue weighted by molar-refractivity contribution is -0.126. The molecule has 0 spiro atoms. The third-order valence-electron chi connectivity index (χ3n) is 4.82. The van der Waals surface area contributed by atoms with Crippen molar-refractivity contribution in [1.82, 2.24) is 16.0 Å². The number of amides is 1. The molecular weight excluding hydrogens is 288 g/mol. The summed E-state index contributed by atoms with van der Waals surface area (Å²) in [5.74, 6) is 2.22. The average Bonchev–Trinajstić information content (AvgIpc) is 3.34. The largest absolute Gasteiger partial charge is 0.356 e. The summed E-state index contributed by atoms with van der Waals surface area (Å²) in [7, 11) is 1.82. The van der Waals surface area contributed by atoms with Crippen LogP contribution < -0.4 is 16.0 Å². The monoisotopic (exact) mass is 322 g/mol. The van der Waals surface area contributed by atoms with Crippen molar-refractivity contribution in [1.29, 1.82) is 0 Å². The molecule has 5 heteroatoms. The quantitative estimate of drug-likeness (QED) is 0.383. The summed E-state index contributed by atoms with van der Waals surface area (Å²) in [6.07, 6.45) is 9.54. The lowest BCUT2D eigenvalue weighted by Gasteiger charge is -2.30. The van der Waals surface area contributed by atoms with E-state index in [0.717, 1.165) is 44.1 Å². The third kappa shape index (κ3) is 6.80. The molecule has 23 heavy (non-hydrogen) atoms. The molecule has 0 radical (unpaired) electrons. The Bertz CT molecular complexity index is 404.